The lowest BCUT2D eigenvalue weighted by Crippen LogP contribution is -2.65. The highest BCUT2D eigenvalue weighted by Gasteiger charge is 2.49. The van der Waals surface area contributed by atoms with Gasteiger partial charge in [0.1, 0.15) is 0 Å². The molecule has 0 radical (unpaired) electrons. The summed E-state index contributed by atoms with van der Waals surface area (Å²) in [6.45, 7) is 6.03. The Kier molecular flexibility index (Phi) is 8.66. The van der Waals surface area contributed by atoms with Crippen molar-refractivity contribution in [3.05, 3.63) is 59.9 Å². The van der Waals surface area contributed by atoms with Crippen molar-refractivity contribution in [2.75, 3.05) is 44.2 Å². The van der Waals surface area contributed by atoms with Crippen LogP contribution in [-0.4, -0.2) is 78.0 Å². The second-order valence-corrected chi connectivity index (χ2v) is 12.3. The molecular formula is C33H45N5O2. The van der Waals surface area contributed by atoms with Gasteiger partial charge in [0.2, 0.25) is 5.91 Å². The lowest BCUT2D eigenvalue weighted by molar-refractivity contribution is -0.121. The SMILES string of the molecule is O=C(CCC[C@@H]1[C@H]2CCCN3CCC[C@@H](CN1C(=O)c1cccnc1)[C@@H]23)NCCCN1CCCc2ccccc21. The van der Waals surface area contributed by atoms with Crippen molar-refractivity contribution >= 4 is 17.5 Å². The lowest BCUT2D eigenvalue weighted by Gasteiger charge is -2.57. The molecule has 0 aliphatic carbocycles. The molecule has 3 saturated heterocycles. The van der Waals surface area contributed by atoms with Gasteiger partial charge in [0, 0.05) is 62.8 Å². The van der Waals surface area contributed by atoms with Gasteiger partial charge in [-0.05, 0) is 106 Å². The number of para-hydroxylation sites is 1. The molecule has 3 fully saturated rings. The zero-order valence-corrected chi connectivity index (χ0v) is 23.8. The smallest absolute Gasteiger partial charge is 0.255 e. The number of aryl methyl sites for hydroxylation is 1. The Balaban J connectivity index is 1.02. The number of hydrogen-bond acceptors (Lipinski definition) is 5. The highest BCUT2D eigenvalue weighted by Crippen LogP contribution is 2.43. The maximum absolute atomic E-state index is 13.7. The van der Waals surface area contributed by atoms with Crippen molar-refractivity contribution in [1.82, 2.24) is 20.1 Å². The summed E-state index contributed by atoms with van der Waals surface area (Å²) < 4.78 is 0. The molecule has 0 bridgehead atoms. The van der Waals surface area contributed by atoms with Gasteiger partial charge in [-0.25, -0.2) is 0 Å². The highest BCUT2D eigenvalue weighted by molar-refractivity contribution is 5.94. The molecule has 4 aliphatic heterocycles. The molecule has 0 spiro atoms. The topological polar surface area (TPSA) is 68.8 Å². The molecule has 0 saturated carbocycles. The van der Waals surface area contributed by atoms with E-state index in [-0.39, 0.29) is 17.9 Å². The molecule has 5 heterocycles. The van der Waals surface area contributed by atoms with Crippen LogP contribution in [-0.2, 0) is 11.2 Å². The van der Waals surface area contributed by atoms with E-state index in [0.29, 0.717) is 36.4 Å². The Morgan fingerprint density at radius 1 is 0.975 bits per heavy atom. The van der Waals surface area contributed by atoms with Gasteiger partial charge in [0.15, 0.2) is 0 Å². The van der Waals surface area contributed by atoms with Crippen LogP contribution >= 0.6 is 0 Å². The zero-order chi connectivity index (χ0) is 27.3. The molecule has 214 valence electrons. The summed E-state index contributed by atoms with van der Waals surface area (Å²) in [6.07, 6.45) is 13.8. The predicted octanol–water partition coefficient (Wildman–Crippen LogP) is 4.53. The molecule has 6 rings (SSSR count). The van der Waals surface area contributed by atoms with Crippen LogP contribution in [0.5, 0.6) is 0 Å². The molecule has 1 aromatic carbocycles. The Morgan fingerprint density at radius 2 is 1.85 bits per heavy atom. The average Bonchev–Trinajstić information content (AvgIpc) is 3.00. The number of rotatable bonds is 9. The van der Waals surface area contributed by atoms with Gasteiger partial charge in [-0.2, -0.15) is 0 Å². The van der Waals surface area contributed by atoms with Gasteiger partial charge in [0.25, 0.3) is 5.91 Å². The van der Waals surface area contributed by atoms with Gasteiger partial charge in [-0.1, -0.05) is 18.2 Å². The second-order valence-electron chi connectivity index (χ2n) is 12.3. The maximum Gasteiger partial charge on any atom is 0.255 e. The number of piperidine rings is 3. The number of anilines is 1. The molecule has 4 atom stereocenters. The molecule has 1 aromatic heterocycles. The number of carbonyl (C=O) groups excluding carboxylic acids is 2. The van der Waals surface area contributed by atoms with E-state index in [1.807, 2.05) is 12.1 Å². The van der Waals surface area contributed by atoms with Crippen LogP contribution in [0.25, 0.3) is 0 Å². The fourth-order valence-corrected chi connectivity index (χ4v) is 8.16. The van der Waals surface area contributed by atoms with Gasteiger partial charge in [-0.15, -0.1) is 0 Å². The Morgan fingerprint density at radius 3 is 2.73 bits per heavy atom. The third-order valence-electron chi connectivity index (χ3n) is 9.88. The average molecular weight is 544 g/mol. The van der Waals surface area contributed by atoms with E-state index in [1.165, 1.54) is 56.4 Å². The quantitative estimate of drug-likeness (QED) is 0.471. The van der Waals surface area contributed by atoms with Crippen molar-refractivity contribution < 1.29 is 9.59 Å². The van der Waals surface area contributed by atoms with Crippen molar-refractivity contribution in [2.24, 2.45) is 11.8 Å². The predicted molar refractivity (Wildman–Crippen MR) is 158 cm³/mol. The van der Waals surface area contributed by atoms with Crippen LogP contribution in [0.15, 0.2) is 48.8 Å². The summed E-state index contributed by atoms with van der Waals surface area (Å²) in [4.78, 5) is 38.1. The molecular weight excluding hydrogens is 498 g/mol. The van der Waals surface area contributed by atoms with Crippen molar-refractivity contribution in [2.45, 2.75) is 76.3 Å². The molecule has 2 amide bonds. The van der Waals surface area contributed by atoms with Crippen LogP contribution < -0.4 is 10.2 Å². The molecule has 40 heavy (non-hydrogen) atoms. The van der Waals surface area contributed by atoms with Crippen molar-refractivity contribution in [3.63, 3.8) is 0 Å². The summed E-state index contributed by atoms with van der Waals surface area (Å²) in [6, 6.07) is 13.2. The molecule has 7 heteroatoms. The van der Waals surface area contributed by atoms with E-state index in [9.17, 15) is 9.59 Å². The number of aromatic nitrogens is 1. The Hall–Kier alpha value is -2.93. The molecule has 0 unspecified atom stereocenters. The highest BCUT2D eigenvalue weighted by atomic mass is 16.2. The third kappa shape index (κ3) is 5.90. The molecule has 2 aromatic rings. The van der Waals surface area contributed by atoms with Crippen LogP contribution in [0.3, 0.4) is 0 Å². The number of carbonyl (C=O) groups is 2. The molecule has 1 N–H and O–H groups in total. The van der Waals surface area contributed by atoms with Crippen LogP contribution in [0.2, 0.25) is 0 Å². The van der Waals surface area contributed by atoms with Crippen molar-refractivity contribution in [3.8, 4) is 0 Å². The summed E-state index contributed by atoms with van der Waals surface area (Å²) in [5.74, 6) is 1.32. The second kappa shape index (κ2) is 12.7. The van der Waals surface area contributed by atoms with Gasteiger partial charge in [0.05, 0.1) is 5.56 Å². The standard InChI is InChI=1S/C33H45N5O2/c39-31(35-18-8-22-36-19-5-11-25-9-1-2-14-29(25)36)16-3-15-30-28-13-7-21-37-20-6-12-27(32(28)37)24-38(30)33(40)26-10-4-17-34-23-26/h1-2,4,9-10,14,17,23,27-28,30,32H,3,5-8,11-13,15-16,18-22,24H2,(H,35,39)/t27-,28+,30+,32-/m0/s1. The lowest BCUT2D eigenvalue weighted by atomic mass is 9.69. The number of nitrogens with zero attached hydrogens (tertiary/aromatic N) is 4. The Bertz CT molecular complexity index is 1150. The van der Waals surface area contributed by atoms with Crippen molar-refractivity contribution in [1.29, 1.82) is 0 Å². The normalized spacial score (nSPS) is 26.1. The summed E-state index contributed by atoms with van der Waals surface area (Å²) in [5, 5.41) is 3.17. The minimum absolute atomic E-state index is 0.114. The number of fused-ring (bicyclic) bond motifs is 1. The van der Waals surface area contributed by atoms with E-state index in [4.69, 9.17) is 0 Å². The van der Waals surface area contributed by atoms with E-state index >= 15 is 0 Å². The maximum atomic E-state index is 13.7. The number of nitrogens with one attached hydrogen (secondary N) is 1. The number of pyridine rings is 1. The van der Waals surface area contributed by atoms with E-state index < -0.39 is 0 Å². The fraction of sp³-hybridized carbons (Fsp3) is 0.606. The molecule has 7 nitrogen and oxygen atoms in total. The largest absolute Gasteiger partial charge is 0.371 e. The fourth-order valence-electron chi connectivity index (χ4n) is 8.16. The summed E-state index contributed by atoms with van der Waals surface area (Å²) in [5.41, 5.74) is 3.49. The van der Waals surface area contributed by atoms with Crippen LogP contribution in [0.4, 0.5) is 5.69 Å². The van der Waals surface area contributed by atoms with E-state index in [2.05, 4.69) is 49.3 Å². The summed E-state index contributed by atoms with van der Waals surface area (Å²) >= 11 is 0. The minimum Gasteiger partial charge on any atom is -0.371 e. The summed E-state index contributed by atoms with van der Waals surface area (Å²) in [7, 11) is 0. The first-order valence-electron chi connectivity index (χ1n) is 15.7. The number of benzene rings is 1. The Labute approximate surface area is 239 Å². The van der Waals surface area contributed by atoms with Crippen LogP contribution in [0, 0.1) is 11.8 Å². The zero-order valence-electron chi connectivity index (χ0n) is 23.8. The number of hydrogen-bond donors (Lipinski definition) is 1. The minimum atomic E-state index is 0.114. The number of likely N-dealkylation sites (tertiary alicyclic amines) is 1. The molecule has 4 aliphatic rings. The van der Waals surface area contributed by atoms with Gasteiger partial charge in [-0.3, -0.25) is 19.5 Å². The first-order chi connectivity index (χ1) is 19.7. The van der Waals surface area contributed by atoms with Crippen LogP contribution in [0.1, 0.15) is 73.7 Å². The monoisotopic (exact) mass is 543 g/mol. The third-order valence-corrected chi connectivity index (χ3v) is 9.88. The van der Waals surface area contributed by atoms with E-state index in [1.54, 1.807) is 12.4 Å². The first-order valence-corrected chi connectivity index (χ1v) is 15.7. The van der Waals surface area contributed by atoms with E-state index in [0.717, 1.165) is 45.3 Å². The van der Waals surface area contributed by atoms with Gasteiger partial charge < -0.3 is 15.1 Å². The van der Waals surface area contributed by atoms with Gasteiger partial charge >= 0.3 is 0 Å². The first kappa shape index (κ1) is 27.3. The number of amides is 2.